The molecule has 116 valence electrons. The molecule has 1 unspecified atom stereocenters. The Labute approximate surface area is 144 Å². The van der Waals surface area contributed by atoms with Crippen molar-refractivity contribution < 1.29 is 4.79 Å². The number of rotatable bonds is 4. The minimum atomic E-state index is -0.268. The third-order valence-corrected chi connectivity index (χ3v) is 4.80. The van der Waals surface area contributed by atoms with Crippen LogP contribution in [0.15, 0.2) is 35.4 Å². The van der Waals surface area contributed by atoms with Crippen LogP contribution in [0, 0.1) is 13.8 Å². The highest BCUT2D eigenvalue weighted by atomic mass is 35.5. The zero-order valence-corrected chi connectivity index (χ0v) is 14.8. The third kappa shape index (κ3) is 4.38. The maximum absolute atomic E-state index is 12.2. The van der Waals surface area contributed by atoms with E-state index in [4.69, 9.17) is 23.2 Å². The highest BCUT2D eigenvalue weighted by Crippen LogP contribution is 2.27. The molecule has 2 rings (SSSR count). The summed E-state index contributed by atoms with van der Waals surface area (Å²) in [7, 11) is 0. The summed E-state index contributed by atoms with van der Waals surface area (Å²) >= 11 is 13.3. The predicted molar refractivity (Wildman–Crippen MR) is 94.1 cm³/mol. The van der Waals surface area contributed by atoms with Crippen LogP contribution in [0.3, 0.4) is 0 Å². The van der Waals surface area contributed by atoms with Crippen LogP contribution in [-0.2, 0) is 4.79 Å². The number of carbonyl (C=O) groups is 1. The lowest BCUT2D eigenvalue weighted by molar-refractivity contribution is -0.115. The van der Waals surface area contributed by atoms with Gasteiger partial charge in [-0.3, -0.25) is 4.79 Å². The van der Waals surface area contributed by atoms with Crippen molar-refractivity contribution in [1.82, 2.24) is 4.98 Å². The van der Waals surface area contributed by atoms with E-state index in [9.17, 15) is 4.79 Å². The van der Waals surface area contributed by atoms with E-state index in [1.165, 1.54) is 29.1 Å². The Kier molecular flexibility index (Phi) is 5.73. The zero-order valence-electron chi connectivity index (χ0n) is 12.5. The molecule has 0 saturated carbocycles. The van der Waals surface area contributed by atoms with Crippen LogP contribution >= 0.6 is 35.0 Å². The second-order valence-electron chi connectivity index (χ2n) is 4.98. The molecule has 1 aromatic carbocycles. The smallest absolute Gasteiger partial charge is 0.238 e. The summed E-state index contributed by atoms with van der Waals surface area (Å²) < 4.78 is 0. The topological polar surface area (TPSA) is 42.0 Å². The molecule has 1 heterocycles. The summed E-state index contributed by atoms with van der Waals surface area (Å²) in [4.78, 5) is 17.3. The fourth-order valence-electron chi connectivity index (χ4n) is 1.77. The maximum atomic E-state index is 12.2. The van der Waals surface area contributed by atoms with Gasteiger partial charge in [-0.05, 0) is 50.1 Å². The molecule has 0 saturated heterocycles. The van der Waals surface area contributed by atoms with Crippen LogP contribution in [0.25, 0.3) is 0 Å². The lowest BCUT2D eigenvalue weighted by atomic mass is 10.1. The molecule has 0 radical (unpaired) electrons. The number of thioether (sulfide) groups is 1. The number of carbonyl (C=O) groups excluding carboxylic acids is 1. The molecule has 22 heavy (non-hydrogen) atoms. The van der Waals surface area contributed by atoms with Gasteiger partial charge in [0.15, 0.2) is 5.82 Å². The Morgan fingerprint density at radius 2 is 1.95 bits per heavy atom. The van der Waals surface area contributed by atoms with Crippen LogP contribution in [0.5, 0.6) is 0 Å². The molecule has 1 atom stereocenters. The zero-order chi connectivity index (χ0) is 16.3. The fraction of sp³-hybridized carbons (Fsp3) is 0.250. The highest BCUT2D eigenvalue weighted by molar-refractivity contribution is 8.00. The van der Waals surface area contributed by atoms with Crippen molar-refractivity contribution in [2.45, 2.75) is 30.9 Å². The van der Waals surface area contributed by atoms with E-state index in [1.54, 1.807) is 6.07 Å². The van der Waals surface area contributed by atoms with E-state index in [2.05, 4.69) is 36.3 Å². The number of amides is 1. The standard InChI is InChI=1S/C16H16Cl2N2OS/c1-9-4-5-13(6-10(9)2)22-11(3)16(21)20-15-14(18)7-12(17)8-19-15/h4-8,11H,1-3H3,(H,19,20,21). The molecule has 0 fully saturated rings. The van der Waals surface area contributed by atoms with Crippen molar-refractivity contribution >= 4 is 46.7 Å². The number of nitrogens with one attached hydrogen (secondary N) is 1. The molecular formula is C16H16Cl2N2OS. The normalized spacial score (nSPS) is 12.0. The molecule has 0 spiro atoms. The molecule has 1 amide bonds. The van der Waals surface area contributed by atoms with Gasteiger partial charge in [0, 0.05) is 11.1 Å². The first-order valence-corrected chi connectivity index (χ1v) is 8.36. The van der Waals surface area contributed by atoms with Gasteiger partial charge in [0.1, 0.15) is 0 Å². The van der Waals surface area contributed by atoms with Crippen LogP contribution in [0.2, 0.25) is 10.0 Å². The summed E-state index contributed by atoms with van der Waals surface area (Å²) in [5.41, 5.74) is 2.44. The lowest BCUT2D eigenvalue weighted by Gasteiger charge is -2.13. The van der Waals surface area contributed by atoms with E-state index >= 15 is 0 Å². The number of benzene rings is 1. The third-order valence-electron chi connectivity index (χ3n) is 3.21. The molecule has 6 heteroatoms. The van der Waals surface area contributed by atoms with Crippen LogP contribution < -0.4 is 5.32 Å². The Bertz CT molecular complexity index is 707. The van der Waals surface area contributed by atoms with Crippen LogP contribution in [0.4, 0.5) is 5.82 Å². The average Bonchev–Trinajstić information content (AvgIpc) is 2.45. The first kappa shape index (κ1) is 17.1. The molecule has 3 nitrogen and oxygen atoms in total. The average molecular weight is 355 g/mol. The minimum Gasteiger partial charge on any atom is -0.308 e. The van der Waals surface area contributed by atoms with Gasteiger partial charge in [-0.15, -0.1) is 11.8 Å². The van der Waals surface area contributed by atoms with E-state index in [0.717, 1.165) is 4.90 Å². The summed E-state index contributed by atoms with van der Waals surface area (Å²) in [5.74, 6) is 0.170. The van der Waals surface area contributed by atoms with Crippen molar-refractivity contribution in [2.24, 2.45) is 0 Å². The molecule has 0 aliphatic heterocycles. The summed E-state index contributed by atoms with van der Waals surface area (Å²) in [6.07, 6.45) is 1.45. The number of nitrogens with zero attached hydrogens (tertiary/aromatic N) is 1. The SMILES string of the molecule is Cc1ccc(SC(C)C(=O)Nc2ncc(Cl)cc2Cl)cc1C. The van der Waals surface area contributed by atoms with Crippen molar-refractivity contribution in [1.29, 1.82) is 0 Å². The maximum Gasteiger partial charge on any atom is 0.238 e. The first-order chi connectivity index (χ1) is 10.4. The van der Waals surface area contributed by atoms with Gasteiger partial charge in [0.2, 0.25) is 5.91 Å². The van der Waals surface area contributed by atoms with Crippen LogP contribution in [0.1, 0.15) is 18.1 Å². The van der Waals surface area contributed by atoms with Gasteiger partial charge in [-0.1, -0.05) is 29.3 Å². The van der Waals surface area contributed by atoms with E-state index < -0.39 is 0 Å². The van der Waals surface area contributed by atoms with E-state index in [0.29, 0.717) is 15.9 Å². The number of hydrogen-bond acceptors (Lipinski definition) is 3. The minimum absolute atomic E-state index is 0.153. The van der Waals surface area contributed by atoms with Gasteiger partial charge < -0.3 is 5.32 Å². The second kappa shape index (κ2) is 7.36. The molecule has 1 N–H and O–H groups in total. The Balaban J connectivity index is 2.04. The molecule has 0 aliphatic rings. The molecule has 0 aliphatic carbocycles. The number of pyridine rings is 1. The van der Waals surface area contributed by atoms with Gasteiger partial charge in [-0.25, -0.2) is 4.98 Å². The van der Waals surface area contributed by atoms with Crippen molar-refractivity contribution in [3.8, 4) is 0 Å². The fourth-order valence-corrected chi connectivity index (χ4v) is 3.16. The molecule has 1 aromatic heterocycles. The largest absolute Gasteiger partial charge is 0.308 e. The van der Waals surface area contributed by atoms with Gasteiger partial charge in [0.05, 0.1) is 15.3 Å². The Morgan fingerprint density at radius 3 is 2.59 bits per heavy atom. The summed E-state index contributed by atoms with van der Waals surface area (Å²) in [5, 5.41) is 3.21. The lowest BCUT2D eigenvalue weighted by Crippen LogP contribution is -2.23. The van der Waals surface area contributed by atoms with E-state index in [1.807, 2.05) is 13.0 Å². The van der Waals surface area contributed by atoms with Crippen molar-refractivity contribution in [2.75, 3.05) is 5.32 Å². The number of halogens is 2. The van der Waals surface area contributed by atoms with Crippen molar-refractivity contribution in [3.05, 3.63) is 51.6 Å². The van der Waals surface area contributed by atoms with Crippen molar-refractivity contribution in [3.63, 3.8) is 0 Å². The van der Waals surface area contributed by atoms with Gasteiger partial charge in [0.25, 0.3) is 0 Å². The number of aromatic nitrogens is 1. The monoisotopic (exact) mass is 354 g/mol. The van der Waals surface area contributed by atoms with Gasteiger partial charge in [-0.2, -0.15) is 0 Å². The number of aryl methyl sites for hydroxylation is 2. The number of hydrogen-bond donors (Lipinski definition) is 1. The molecular weight excluding hydrogens is 339 g/mol. The molecule has 2 aromatic rings. The Hall–Kier alpha value is -1.23. The second-order valence-corrected chi connectivity index (χ2v) is 7.24. The summed E-state index contributed by atoms with van der Waals surface area (Å²) in [6.45, 7) is 5.97. The van der Waals surface area contributed by atoms with Crippen LogP contribution in [-0.4, -0.2) is 16.1 Å². The summed E-state index contributed by atoms with van der Waals surface area (Å²) in [6, 6.07) is 7.70. The van der Waals surface area contributed by atoms with E-state index in [-0.39, 0.29) is 11.2 Å². The molecule has 0 bridgehead atoms. The highest BCUT2D eigenvalue weighted by Gasteiger charge is 2.16. The Morgan fingerprint density at radius 1 is 1.23 bits per heavy atom. The number of anilines is 1. The quantitative estimate of drug-likeness (QED) is 0.774. The van der Waals surface area contributed by atoms with Gasteiger partial charge >= 0.3 is 0 Å². The predicted octanol–water partition coefficient (Wildman–Crippen LogP) is 5.12. The first-order valence-electron chi connectivity index (χ1n) is 6.72.